The Morgan fingerprint density at radius 3 is 2.76 bits per heavy atom. The Kier molecular flexibility index (Phi) is 2.38. The molecule has 3 heterocycles. The van der Waals surface area contributed by atoms with Gasteiger partial charge in [-0.1, -0.05) is 11.6 Å². The molecule has 0 radical (unpaired) electrons. The first-order valence-electron chi connectivity index (χ1n) is 5.10. The van der Waals surface area contributed by atoms with Gasteiger partial charge in [0.05, 0.1) is 4.88 Å². The van der Waals surface area contributed by atoms with Gasteiger partial charge in [-0.2, -0.15) is 9.61 Å². The van der Waals surface area contributed by atoms with Crippen molar-refractivity contribution in [3.8, 4) is 10.7 Å². The molecule has 6 heteroatoms. The molecule has 0 spiro atoms. The average Bonchev–Trinajstić information content (AvgIpc) is 2.83. The van der Waals surface area contributed by atoms with Crippen LogP contribution in [0.3, 0.4) is 0 Å². The largest absolute Gasteiger partial charge is 0.195 e. The summed E-state index contributed by atoms with van der Waals surface area (Å²) < 4.78 is 1.67. The summed E-state index contributed by atoms with van der Waals surface area (Å²) in [6, 6.07) is 5.61. The van der Waals surface area contributed by atoms with Gasteiger partial charge in [-0.3, -0.25) is 0 Å². The predicted octanol–water partition coefficient (Wildman–Crippen LogP) is 3.12. The second-order valence-electron chi connectivity index (χ2n) is 3.80. The molecule has 3 aromatic rings. The number of thiophene rings is 1. The fraction of sp³-hybridized carbons (Fsp3) is 0.182. The maximum absolute atomic E-state index is 5.89. The number of halogens is 1. The van der Waals surface area contributed by atoms with Crippen LogP contribution in [0, 0.1) is 13.8 Å². The summed E-state index contributed by atoms with van der Waals surface area (Å²) in [6.07, 6.45) is 0. The quantitative estimate of drug-likeness (QED) is 0.678. The summed E-state index contributed by atoms with van der Waals surface area (Å²) in [5.41, 5.74) is 1.96. The number of nitrogens with zero attached hydrogens (tertiary/aromatic N) is 4. The second-order valence-corrected chi connectivity index (χ2v) is 5.44. The van der Waals surface area contributed by atoms with E-state index in [-0.39, 0.29) is 0 Å². The minimum Gasteiger partial charge on any atom is -0.190 e. The summed E-state index contributed by atoms with van der Waals surface area (Å²) >= 11 is 7.57. The highest BCUT2D eigenvalue weighted by molar-refractivity contribution is 7.15. The van der Waals surface area contributed by atoms with E-state index in [1.807, 2.05) is 0 Å². The van der Waals surface area contributed by atoms with Gasteiger partial charge in [-0.05, 0) is 37.6 Å². The minimum atomic E-state index is 0.434. The van der Waals surface area contributed by atoms with E-state index in [9.17, 15) is 0 Å². The Morgan fingerprint density at radius 2 is 2.06 bits per heavy atom. The number of hydrogen-bond donors (Lipinski definition) is 0. The molecule has 3 rings (SSSR count). The summed E-state index contributed by atoms with van der Waals surface area (Å²) in [6.45, 7) is 4.17. The molecule has 0 saturated carbocycles. The third-order valence-corrected chi connectivity index (χ3v) is 3.97. The molecule has 0 bridgehead atoms. The Balaban J connectivity index is 2.26. The van der Waals surface area contributed by atoms with Crippen molar-refractivity contribution in [1.82, 2.24) is 19.8 Å². The topological polar surface area (TPSA) is 43.1 Å². The highest BCUT2D eigenvalue weighted by Crippen LogP contribution is 2.29. The van der Waals surface area contributed by atoms with Crippen LogP contribution in [0.1, 0.15) is 10.4 Å². The van der Waals surface area contributed by atoms with E-state index < -0.39 is 0 Å². The molecule has 3 aromatic heterocycles. The Hall–Kier alpha value is -1.46. The van der Waals surface area contributed by atoms with Crippen molar-refractivity contribution in [2.24, 2.45) is 0 Å². The van der Waals surface area contributed by atoms with E-state index in [2.05, 4.69) is 35.2 Å². The van der Waals surface area contributed by atoms with E-state index >= 15 is 0 Å². The molecule has 0 unspecified atom stereocenters. The molecule has 86 valence electrons. The first-order valence-corrected chi connectivity index (χ1v) is 6.30. The molecule has 0 saturated heterocycles. The van der Waals surface area contributed by atoms with E-state index in [4.69, 9.17) is 11.6 Å². The molecule has 4 nitrogen and oxygen atoms in total. The normalized spacial score (nSPS) is 11.2. The van der Waals surface area contributed by atoms with Gasteiger partial charge in [0.25, 0.3) is 0 Å². The van der Waals surface area contributed by atoms with Crippen molar-refractivity contribution >= 4 is 28.6 Å². The lowest BCUT2D eigenvalue weighted by Gasteiger charge is -1.95. The Labute approximate surface area is 107 Å². The van der Waals surface area contributed by atoms with Crippen LogP contribution in [0.25, 0.3) is 16.3 Å². The summed E-state index contributed by atoms with van der Waals surface area (Å²) in [5.74, 6) is 0.740. The van der Waals surface area contributed by atoms with E-state index in [1.54, 1.807) is 28.0 Å². The van der Waals surface area contributed by atoms with Gasteiger partial charge in [-0.15, -0.1) is 21.5 Å². The van der Waals surface area contributed by atoms with Crippen LogP contribution in [0.4, 0.5) is 0 Å². The number of aryl methyl sites for hydroxylation is 2. The second kappa shape index (κ2) is 3.78. The van der Waals surface area contributed by atoms with Crippen molar-refractivity contribution in [3.05, 3.63) is 33.8 Å². The van der Waals surface area contributed by atoms with Crippen LogP contribution in [-0.2, 0) is 0 Å². The highest BCUT2D eigenvalue weighted by atomic mass is 35.5. The summed E-state index contributed by atoms with van der Waals surface area (Å²) in [4.78, 5) is 2.33. The fourth-order valence-corrected chi connectivity index (χ4v) is 2.75. The summed E-state index contributed by atoms with van der Waals surface area (Å²) in [7, 11) is 0. The molecule has 17 heavy (non-hydrogen) atoms. The van der Waals surface area contributed by atoms with E-state index in [0.29, 0.717) is 10.8 Å². The smallest absolute Gasteiger partial charge is 0.190 e. The lowest BCUT2D eigenvalue weighted by molar-refractivity contribution is 0.939. The van der Waals surface area contributed by atoms with Crippen LogP contribution in [0.2, 0.25) is 5.15 Å². The van der Waals surface area contributed by atoms with Crippen molar-refractivity contribution in [2.75, 3.05) is 0 Å². The Morgan fingerprint density at radius 1 is 1.24 bits per heavy atom. The van der Waals surface area contributed by atoms with Crippen molar-refractivity contribution in [3.63, 3.8) is 0 Å². The number of fused-ring (bicyclic) bond motifs is 1. The average molecular weight is 265 g/mol. The lowest BCUT2D eigenvalue weighted by atomic mass is 10.3. The third-order valence-electron chi connectivity index (χ3n) is 2.62. The minimum absolute atomic E-state index is 0.434. The lowest BCUT2D eigenvalue weighted by Crippen LogP contribution is -1.93. The van der Waals surface area contributed by atoms with Crippen molar-refractivity contribution < 1.29 is 0 Å². The standard InChI is InChI=1S/C11H9ClN4S/c1-6-5-8(17-7(6)2)11-14-13-10-4-3-9(12)15-16(10)11/h3-5H,1-2H3. The molecule has 0 aromatic carbocycles. The zero-order valence-electron chi connectivity index (χ0n) is 9.31. The van der Waals surface area contributed by atoms with Crippen molar-refractivity contribution in [1.29, 1.82) is 0 Å². The van der Waals surface area contributed by atoms with Gasteiger partial charge < -0.3 is 0 Å². The Bertz CT molecular complexity index is 681. The number of aromatic nitrogens is 4. The van der Waals surface area contributed by atoms with Gasteiger partial charge in [0.1, 0.15) is 5.15 Å². The molecular formula is C11H9ClN4S. The SMILES string of the molecule is Cc1cc(-c2nnc3ccc(Cl)nn23)sc1C. The van der Waals surface area contributed by atoms with Gasteiger partial charge in [0, 0.05) is 4.88 Å². The molecule has 0 amide bonds. The zero-order valence-corrected chi connectivity index (χ0v) is 10.9. The number of rotatable bonds is 1. The van der Waals surface area contributed by atoms with Gasteiger partial charge in [-0.25, -0.2) is 0 Å². The molecule has 0 atom stereocenters. The zero-order chi connectivity index (χ0) is 12.0. The van der Waals surface area contributed by atoms with Gasteiger partial charge in [0.15, 0.2) is 11.5 Å². The van der Waals surface area contributed by atoms with Crippen LogP contribution >= 0.6 is 22.9 Å². The van der Waals surface area contributed by atoms with Crippen LogP contribution < -0.4 is 0 Å². The molecule has 0 fully saturated rings. The molecule has 0 N–H and O–H groups in total. The molecular weight excluding hydrogens is 256 g/mol. The third kappa shape index (κ3) is 1.71. The van der Waals surface area contributed by atoms with E-state index in [0.717, 1.165) is 10.7 Å². The van der Waals surface area contributed by atoms with Crippen LogP contribution in [0.15, 0.2) is 18.2 Å². The number of hydrogen-bond acceptors (Lipinski definition) is 4. The van der Waals surface area contributed by atoms with Crippen LogP contribution in [0.5, 0.6) is 0 Å². The summed E-state index contributed by atoms with van der Waals surface area (Å²) in [5, 5.41) is 12.9. The van der Waals surface area contributed by atoms with E-state index in [1.165, 1.54) is 10.4 Å². The van der Waals surface area contributed by atoms with Crippen molar-refractivity contribution in [2.45, 2.75) is 13.8 Å². The maximum atomic E-state index is 5.89. The molecule has 0 aliphatic heterocycles. The first kappa shape index (κ1) is 10.7. The first-order chi connectivity index (χ1) is 8.15. The highest BCUT2D eigenvalue weighted by Gasteiger charge is 2.12. The molecule has 0 aliphatic carbocycles. The van der Waals surface area contributed by atoms with Gasteiger partial charge >= 0.3 is 0 Å². The predicted molar refractivity (Wildman–Crippen MR) is 68.6 cm³/mol. The fourth-order valence-electron chi connectivity index (χ4n) is 1.60. The van der Waals surface area contributed by atoms with Crippen LogP contribution in [-0.4, -0.2) is 19.8 Å². The monoisotopic (exact) mass is 264 g/mol. The van der Waals surface area contributed by atoms with Gasteiger partial charge in [0.2, 0.25) is 0 Å². The maximum Gasteiger partial charge on any atom is 0.195 e. The molecule has 0 aliphatic rings.